The summed E-state index contributed by atoms with van der Waals surface area (Å²) in [6.45, 7) is 1.39. The van der Waals surface area contributed by atoms with E-state index in [0.717, 1.165) is 37.9 Å². The van der Waals surface area contributed by atoms with E-state index < -0.39 is 5.60 Å². The third kappa shape index (κ3) is 4.93. The highest BCUT2D eigenvalue weighted by molar-refractivity contribution is 5.89. The Morgan fingerprint density at radius 1 is 1.06 bits per heavy atom. The van der Waals surface area contributed by atoms with Crippen molar-refractivity contribution in [2.75, 3.05) is 23.3 Å². The van der Waals surface area contributed by atoms with Crippen molar-refractivity contribution in [1.29, 1.82) is 0 Å². The molecular weight excluding hydrogens is 443 g/mol. The van der Waals surface area contributed by atoms with Gasteiger partial charge in [0.25, 0.3) is 0 Å². The van der Waals surface area contributed by atoms with E-state index in [2.05, 4.69) is 15.3 Å². The SMILES string of the molecule is Cl.O=C1O[C@]2(CC[C@H](CNc3ccc(-c4ccccc4F)nc3)CC2)CN1c1ccccn1. The van der Waals surface area contributed by atoms with Crippen molar-refractivity contribution in [1.82, 2.24) is 9.97 Å². The molecule has 1 aliphatic carbocycles. The molecule has 3 heterocycles. The van der Waals surface area contributed by atoms with Gasteiger partial charge in [-0.15, -0.1) is 12.4 Å². The van der Waals surface area contributed by atoms with Gasteiger partial charge >= 0.3 is 6.09 Å². The number of halogens is 2. The lowest BCUT2D eigenvalue weighted by molar-refractivity contribution is 0.0148. The van der Waals surface area contributed by atoms with Crippen LogP contribution in [0.4, 0.5) is 20.7 Å². The molecular formula is C25H26ClFN4O2. The van der Waals surface area contributed by atoms with Crippen LogP contribution < -0.4 is 10.2 Å². The number of carbonyl (C=O) groups excluding carboxylic acids is 1. The zero-order valence-electron chi connectivity index (χ0n) is 18.1. The molecule has 6 nitrogen and oxygen atoms in total. The normalized spacial score (nSPS) is 22.0. The second-order valence-electron chi connectivity index (χ2n) is 8.56. The molecule has 2 aromatic heterocycles. The summed E-state index contributed by atoms with van der Waals surface area (Å²) in [7, 11) is 0. The van der Waals surface area contributed by atoms with Crippen molar-refractivity contribution in [3.8, 4) is 11.3 Å². The average molecular weight is 469 g/mol. The minimum Gasteiger partial charge on any atom is -0.441 e. The number of pyridine rings is 2. The molecule has 0 radical (unpaired) electrons. The molecule has 3 aromatic rings. The van der Waals surface area contributed by atoms with Gasteiger partial charge in [-0.2, -0.15) is 0 Å². The third-order valence-corrected chi connectivity index (χ3v) is 6.42. The molecule has 0 atom stereocenters. The molecule has 1 N–H and O–H groups in total. The summed E-state index contributed by atoms with van der Waals surface area (Å²) in [5.74, 6) is 0.866. The summed E-state index contributed by atoms with van der Waals surface area (Å²) in [6, 6.07) is 16.0. The van der Waals surface area contributed by atoms with Gasteiger partial charge < -0.3 is 10.1 Å². The van der Waals surface area contributed by atoms with E-state index >= 15 is 0 Å². The Hall–Kier alpha value is -3.19. The Morgan fingerprint density at radius 2 is 1.85 bits per heavy atom. The topological polar surface area (TPSA) is 67.3 Å². The van der Waals surface area contributed by atoms with Gasteiger partial charge in [-0.3, -0.25) is 9.88 Å². The van der Waals surface area contributed by atoms with Gasteiger partial charge in [-0.1, -0.05) is 18.2 Å². The quantitative estimate of drug-likeness (QED) is 0.520. The molecule has 5 rings (SSSR count). The fourth-order valence-corrected chi connectivity index (χ4v) is 4.57. The highest BCUT2D eigenvalue weighted by Crippen LogP contribution is 2.40. The van der Waals surface area contributed by atoms with Crippen molar-refractivity contribution in [3.63, 3.8) is 0 Å². The van der Waals surface area contributed by atoms with E-state index in [1.54, 1.807) is 35.5 Å². The van der Waals surface area contributed by atoms with E-state index in [0.29, 0.717) is 29.5 Å². The molecule has 2 fully saturated rings. The van der Waals surface area contributed by atoms with Crippen LogP contribution >= 0.6 is 12.4 Å². The number of benzene rings is 1. The molecule has 1 amide bonds. The van der Waals surface area contributed by atoms with E-state index in [-0.39, 0.29) is 24.3 Å². The van der Waals surface area contributed by atoms with Crippen LogP contribution in [0.2, 0.25) is 0 Å². The van der Waals surface area contributed by atoms with Gasteiger partial charge in [0.1, 0.15) is 17.2 Å². The van der Waals surface area contributed by atoms with Gasteiger partial charge in [0.05, 0.1) is 24.1 Å². The number of carbonyl (C=O) groups is 1. The minimum atomic E-state index is -0.409. The van der Waals surface area contributed by atoms with Gasteiger partial charge in [-0.25, -0.2) is 14.2 Å². The molecule has 1 spiro atoms. The predicted octanol–water partition coefficient (Wildman–Crippen LogP) is 5.70. The first-order valence-electron chi connectivity index (χ1n) is 11.0. The zero-order valence-corrected chi connectivity index (χ0v) is 18.9. The minimum absolute atomic E-state index is 0. The monoisotopic (exact) mass is 468 g/mol. The number of nitrogens with zero attached hydrogens (tertiary/aromatic N) is 3. The van der Waals surface area contributed by atoms with Crippen LogP contribution in [0, 0.1) is 11.7 Å². The number of aromatic nitrogens is 2. The molecule has 1 saturated carbocycles. The maximum absolute atomic E-state index is 13.9. The number of ether oxygens (including phenoxy) is 1. The van der Waals surface area contributed by atoms with Crippen molar-refractivity contribution in [2.24, 2.45) is 5.92 Å². The summed E-state index contributed by atoms with van der Waals surface area (Å²) >= 11 is 0. The lowest BCUT2D eigenvalue weighted by Gasteiger charge is -2.35. The van der Waals surface area contributed by atoms with Crippen molar-refractivity contribution >= 4 is 30.0 Å². The number of hydrogen-bond acceptors (Lipinski definition) is 5. The van der Waals surface area contributed by atoms with Crippen LogP contribution in [-0.4, -0.2) is 34.8 Å². The zero-order chi connectivity index (χ0) is 22.0. The number of hydrogen-bond donors (Lipinski definition) is 1. The summed E-state index contributed by atoms with van der Waals surface area (Å²) in [5, 5.41) is 3.45. The number of anilines is 2. The van der Waals surface area contributed by atoms with Gasteiger partial charge in [-0.05, 0) is 68.0 Å². The van der Waals surface area contributed by atoms with Crippen LogP contribution in [0.25, 0.3) is 11.3 Å². The van der Waals surface area contributed by atoms with Crippen molar-refractivity contribution in [2.45, 2.75) is 31.3 Å². The molecule has 0 bridgehead atoms. The van der Waals surface area contributed by atoms with Crippen LogP contribution in [0.5, 0.6) is 0 Å². The number of amides is 1. The molecule has 2 aliphatic rings. The van der Waals surface area contributed by atoms with Crippen molar-refractivity contribution < 1.29 is 13.9 Å². The Kier molecular flexibility index (Phi) is 6.79. The first-order chi connectivity index (χ1) is 15.6. The molecule has 8 heteroatoms. The fourth-order valence-electron chi connectivity index (χ4n) is 4.57. The molecule has 1 saturated heterocycles. The Morgan fingerprint density at radius 3 is 2.55 bits per heavy atom. The van der Waals surface area contributed by atoms with Crippen LogP contribution in [0.15, 0.2) is 67.0 Å². The number of rotatable bonds is 5. The highest BCUT2D eigenvalue weighted by Gasteiger charge is 2.47. The summed E-state index contributed by atoms with van der Waals surface area (Å²) in [5.41, 5.74) is 1.63. The van der Waals surface area contributed by atoms with E-state index in [4.69, 9.17) is 4.74 Å². The highest BCUT2D eigenvalue weighted by atomic mass is 35.5. The average Bonchev–Trinajstić information content (AvgIpc) is 3.16. The third-order valence-electron chi connectivity index (χ3n) is 6.42. The summed E-state index contributed by atoms with van der Waals surface area (Å²) < 4.78 is 19.8. The first kappa shape index (κ1) is 23.0. The lowest BCUT2D eigenvalue weighted by Crippen LogP contribution is -2.39. The van der Waals surface area contributed by atoms with Crippen LogP contribution in [0.1, 0.15) is 25.7 Å². The Labute approximate surface area is 198 Å². The molecule has 172 valence electrons. The van der Waals surface area contributed by atoms with Crippen LogP contribution in [0.3, 0.4) is 0 Å². The maximum Gasteiger partial charge on any atom is 0.416 e. The van der Waals surface area contributed by atoms with E-state index in [1.165, 1.54) is 6.07 Å². The smallest absolute Gasteiger partial charge is 0.416 e. The second-order valence-corrected chi connectivity index (χ2v) is 8.56. The standard InChI is InChI=1S/C25H25FN4O2.ClH/c26-21-6-2-1-5-20(21)22-9-8-19(16-29-22)28-15-18-10-12-25(13-11-18)17-30(24(31)32-25)23-7-3-4-14-27-23;/h1-9,14,16,18,28H,10-13,15,17H2;1H/t18-,25-;. The van der Waals surface area contributed by atoms with Gasteiger partial charge in [0.15, 0.2) is 0 Å². The fraction of sp³-hybridized carbons (Fsp3) is 0.320. The molecule has 1 aliphatic heterocycles. The predicted molar refractivity (Wildman–Crippen MR) is 128 cm³/mol. The Bertz CT molecular complexity index is 1090. The van der Waals surface area contributed by atoms with E-state index in [9.17, 15) is 9.18 Å². The Balaban J connectivity index is 0.00000259. The second kappa shape index (κ2) is 9.75. The maximum atomic E-state index is 13.9. The molecule has 33 heavy (non-hydrogen) atoms. The van der Waals surface area contributed by atoms with E-state index in [1.807, 2.05) is 30.3 Å². The summed E-state index contributed by atoms with van der Waals surface area (Å²) in [4.78, 5) is 22.7. The van der Waals surface area contributed by atoms with Crippen LogP contribution in [-0.2, 0) is 4.74 Å². The largest absolute Gasteiger partial charge is 0.441 e. The van der Waals surface area contributed by atoms with Crippen molar-refractivity contribution in [3.05, 3.63) is 72.8 Å². The number of nitrogens with one attached hydrogen (secondary N) is 1. The summed E-state index contributed by atoms with van der Waals surface area (Å²) in [6.07, 6.45) is 6.79. The molecule has 0 unspecified atom stereocenters. The lowest BCUT2D eigenvalue weighted by atomic mass is 9.78. The van der Waals surface area contributed by atoms with Gasteiger partial charge in [0, 0.05) is 18.3 Å². The van der Waals surface area contributed by atoms with Gasteiger partial charge in [0.2, 0.25) is 0 Å². The first-order valence-corrected chi connectivity index (χ1v) is 11.0. The molecule has 1 aromatic carbocycles.